The minimum absolute atomic E-state index is 0. The molecule has 2 fully saturated rings. The number of morpholine rings is 1. The predicted octanol–water partition coefficient (Wildman–Crippen LogP) is 1.55. The summed E-state index contributed by atoms with van der Waals surface area (Å²) in [6.07, 6.45) is 1.97. The summed E-state index contributed by atoms with van der Waals surface area (Å²) in [7, 11) is 0. The highest BCUT2D eigenvalue weighted by atomic mass is 35.5. The Morgan fingerprint density at radius 2 is 2.19 bits per heavy atom. The number of nitrogens with one attached hydrogen (secondary N) is 2. The highest BCUT2D eigenvalue weighted by molar-refractivity contribution is 5.85. The van der Waals surface area contributed by atoms with Gasteiger partial charge in [0.25, 0.3) is 0 Å². The Hall–Kier alpha value is -1.10. The fourth-order valence-corrected chi connectivity index (χ4v) is 2.96. The summed E-state index contributed by atoms with van der Waals surface area (Å²) >= 11 is 0. The lowest BCUT2D eigenvalue weighted by Crippen LogP contribution is -2.49. The van der Waals surface area contributed by atoms with Crippen molar-refractivity contribution in [3.63, 3.8) is 0 Å². The highest BCUT2D eigenvalue weighted by Crippen LogP contribution is 2.48. The number of hydrogen-bond donors (Lipinski definition) is 2. The Kier molecular flexibility index (Phi) is 5.25. The molecule has 1 saturated heterocycles. The fourth-order valence-electron chi connectivity index (χ4n) is 2.96. The van der Waals surface area contributed by atoms with Gasteiger partial charge in [-0.1, -0.05) is 24.3 Å². The number of benzene rings is 1. The number of carbonyl (C=O) groups is 1. The van der Waals surface area contributed by atoms with E-state index in [9.17, 15) is 4.79 Å². The Morgan fingerprint density at radius 1 is 1.43 bits per heavy atom. The van der Waals surface area contributed by atoms with Crippen LogP contribution in [0.3, 0.4) is 0 Å². The van der Waals surface area contributed by atoms with Crippen LogP contribution in [0.15, 0.2) is 24.3 Å². The number of halogens is 1. The maximum absolute atomic E-state index is 12.1. The first kappa shape index (κ1) is 16.3. The zero-order chi connectivity index (χ0) is 14.0. The number of ether oxygens (including phenoxy) is 1. The van der Waals surface area contributed by atoms with E-state index in [1.54, 1.807) is 0 Å². The number of carbonyl (C=O) groups excluding carboxylic acids is 1. The molecule has 1 aliphatic heterocycles. The maximum atomic E-state index is 12.1. The Bertz CT molecular complexity index is 497. The summed E-state index contributed by atoms with van der Waals surface area (Å²) in [5, 5.41) is 6.26. The largest absolute Gasteiger partial charge is 0.366 e. The first-order valence-corrected chi connectivity index (χ1v) is 7.37. The zero-order valence-electron chi connectivity index (χ0n) is 12.4. The number of amides is 1. The lowest BCUT2D eigenvalue weighted by Gasteiger charge is -2.24. The highest BCUT2D eigenvalue weighted by Gasteiger charge is 2.45. The molecule has 21 heavy (non-hydrogen) atoms. The molecule has 5 heteroatoms. The quantitative estimate of drug-likeness (QED) is 0.887. The van der Waals surface area contributed by atoms with Crippen LogP contribution in [-0.4, -0.2) is 38.3 Å². The van der Waals surface area contributed by atoms with Crippen molar-refractivity contribution in [1.82, 2.24) is 10.6 Å². The summed E-state index contributed by atoms with van der Waals surface area (Å²) in [6.45, 7) is 4.92. The van der Waals surface area contributed by atoms with E-state index in [0.717, 1.165) is 25.9 Å². The van der Waals surface area contributed by atoms with Gasteiger partial charge in [0, 0.05) is 25.0 Å². The van der Waals surface area contributed by atoms with Crippen molar-refractivity contribution in [2.45, 2.75) is 31.3 Å². The van der Waals surface area contributed by atoms with E-state index in [2.05, 4.69) is 41.8 Å². The molecule has 0 radical (unpaired) electrons. The summed E-state index contributed by atoms with van der Waals surface area (Å²) < 4.78 is 5.48. The van der Waals surface area contributed by atoms with Crippen LogP contribution in [0.5, 0.6) is 0 Å². The van der Waals surface area contributed by atoms with Crippen molar-refractivity contribution in [2.75, 3.05) is 26.2 Å². The van der Waals surface area contributed by atoms with Crippen molar-refractivity contribution in [2.24, 2.45) is 0 Å². The van der Waals surface area contributed by atoms with Crippen molar-refractivity contribution < 1.29 is 9.53 Å². The lowest BCUT2D eigenvalue weighted by atomic mass is 9.92. The Labute approximate surface area is 132 Å². The molecule has 1 amide bonds. The second-order valence-electron chi connectivity index (χ2n) is 5.88. The molecule has 1 aromatic rings. The number of rotatable bonds is 4. The topological polar surface area (TPSA) is 50.4 Å². The lowest BCUT2D eigenvalue weighted by molar-refractivity contribution is -0.134. The van der Waals surface area contributed by atoms with Crippen LogP contribution >= 0.6 is 12.4 Å². The average Bonchev–Trinajstić information content (AvgIpc) is 3.27. The minimum Gasteiger partial charge on any atom is -0.366 e. The first-order valence-electron chi connectivity index (χ1n) is 7.37. The molecule has 116 valence electrons. The zero-order valence-corrected chi connectivity index (χ0v) is 13.2. The SMILES string of the molecule is Cc1ccccc1C1(CNC(=O)C2CNCCO2)CC1.Cl. The van der Waals surface area contributed by atoms with Crippen LogP contribution in [0.25, 0.3) is 0 Å². The van der Waals surface area contributed by atoms with Gasteiger partial charge in [0.05, 0.1) is 6.61 Å². The Morgan fingerprint density at radius 3 is 2.81 bits per heavy atom. The third-order valence-corrected chi connectivity index (χ3v) is 4.39. The fraction of sp³-hybridized carbons (Fsp3) is 0.562. The first-order chi connectivity index (χ1) is 9.71. The standard InChI is InChI=1S/C16H22N2O2.ClH/c1-12-4-2-3-5-13(12)16(6-7-16)11-18-15(19)14-10-17-8-9-20-14;/h2-5,14,17H,6-11H2,1H3,(H,18,19);1H. The second kappa shape index (κ2) is 6.77. The van der Waals surface area contributed by atoms with Gasteiger partial charge in [0.1, 0.15) is 6.10 Å². The second-order valence-corrected chi connectivity index (χ2v) is 5.88. The predicted molar refractivity (Wildman–Crippen MR) is 85.0 cm³/mol. The van der Waals surface area contributed by atoms with Gasteiger partial charge in [-0.3, -0.25) is 4.79 Å². The number of aryl methyl sites for hydroxylation is 1. The summed E-state index contributed by atoms with van der Waals surface area (Å²) in [5.74, 6) is 0.0112. The van der Waals surface area contributed by atoms with E-state index >= 15 is 0 Å². The van der Waals surface area contributed by atoms with E-state index in [1.807, 2.05) is 0 Å². The molecule has 0 bridgehead atoms. The molecule has 0 spiro atoms. The molecular weight excluding hydrogens is 288 g/mol. The molecule has 0 aromatic heterocycles. The average molecular weight is 311 g/mol. The van der Waals surface area contributed by atoms with E-state index < -0.39 is 0 Å². The van der Waals surface area contributed by atoms with Crippen LogP contribution in [0.4, 0.5) is 0 Å². The van der Waals surface area contributed by atoms with Crippen LogP contribution in [0.2, 0.25) is 0 Å². The van der Waals surface area contributed by atoms with Gasteiger partial charge >= 0.3 is 0 Å². The summed E-state index contributed by atoms with van der Waals surface area (Å²) in [6, 6.07) is 8.48. The van der Waals surface area contributed by atoms with Gasteiger partial charge in [-0.15, -0.1) is 12.4 Å². The third-order valence-electron chi connectivity index (χ3n) is 4.39. The normalized spacial score (nSPS) is 23.0. The molecule has 3 rings (SSSR count). The molecule has 1 unspecified atom stereocenters. The Balaban J connectivity index is 0.00000161. The summed E-state index contributed by atoms with van der Waals surface area (Å²) in [4.78, 5) is 12.1. The molecule has 1 aromatic carbocycles. The van der Waals surface area contributed by atoms with Crippen LogP contribution in [-0.2, 0) is 14.9 Å². The van der Waals surface area contributed by atoms with Crippen molar-refractivity contribution in [3.05, 3.63) is 35.4 Å². The van der Waals surface area contributed by atoms with Gasteiger partial charge in [-0.2, -0.15) is 0 Å². The smallest absolute Gasteiger partial charge is 0.250 e. The van der Waals surface area contributed by atoms with E-state index in [1.165, 1.54) is 11.1 Å². The minimum atomic E-state index is -0.337. The van der Waals surface area contributed by atoms with E-state index in [-0.39, 0.29) is 29.8 Å². The van der Waals surface area contributed by atoms with E-state index in [0.29, 0.717) is 13.2 Å². The van der Waals surface area contributed by atoms with Crippen molar-refractivity contribution >= 4 is 18.3 Å². The molecule has 2 aliphatic rings. The van der Waals surface area contributed by atoms with Crippen molar-refractivity contribution in [3.8, 4) is 0 Å². The molecule has 4 nitrogen and oxygen atoms in total. The monoisotopic (exact) mass is 310 g/mol. The van der Waals surface area contributed by atoms with E-state index in [4.69, 9.17) is 4.74 Å². The molecule has 2 N–H and O–H groups in total. The number of hydrogen-bond acceptors (Lipinski definition) is 3. The van der Waals surface area contributed by atoms with Gasteiger partial charge in [0.15, 0.2) is 0 Å². The molecule has 1 heterocycles. The third kappa shape index (κ3) is 3.57. The van der Waals surface area contributed by atoms with Gasteiger partial charge < -0.3 is 15.4 Å². The molecular formula is C16H23ClN2O2. The summed E-state index contributed by atoms with van der Waals surface area (Å²) in [5.41, 5.74) is 2.85. The van der Waals surface area contributed by atoms with Crippen LogP contribution in [0, 0.1) is 6.92 Å². The van der Waals surface area contributed by atoms with Crippen molar-refractivity contribution in [1.29, 1.82) is 0 Å². The maximum Gasteiger partial charge on any atom is 0.250 e. The molecule has 1 atom stereocenters. The van der Waals surface area contributed by atoms with Gasteiger partial charge in [-0.25, -0.2) is 0 Å². The van der Waals surface area contributed by atoms with Gasteiger partial charge in [-0.05, 0) is 30.9 Å². The van der Waals surface area contributed by atoms with Crippen LogP contribution in [0.1, 0.15) is 24.0 Å². The van der Waals surface area contributed by atoms with Gasteiger partial charge in [0.2, 0.25) is 5.91 Å². The van der Waals surface area contributed by atoms with Crippen LogP contribution < -0.4 is 10.6 Å². The molecule has 1 saturated carbocycles. The molecule has 1 aliphatic carbocycles.